The summed E-state index contributed by atoms with van der Waals surface area (Å²) >= 11 is 0. The van der Waals surface area contributed by atoms with E-state index in [4.69, 9.17) is 16.6 Å². The Morgan fingerprint density at radius 2 is 1.00 bits per heavy atom. The molecule has 10 heteroatoms. The Kier molecular flexibility index (Phi) is 37.8. The van der Waals surface area contributed by atoms with E-state index in [0.29, 0.717) is 19.5 Å². The van der Waals surface area contributed by atoms with Gasteiger partial charge in [0.1, 0.15) is 0 Å². The number of carboxylic acids is 1. The van der Waals surface area contributed by atoms with Crippen LogP contribution in [0.5, 0.6) is 0 Å². The van der Waals surface area contributed by atoms with Crippen molar-refractivity contribution in [2.45, 2.75) is 124 Å². The number of nitrogens with one attached hydrogen (secondary N) is 1. The van der Waals surface area contributed by atoms with Crippen LogP contribution in [0, 0.1) is 0 Å². The second-order valence-corrected chi connectivity index (χ2v) is 9.93. The van der Waals surface area contributed by atoms with Crippen molar-refractivity contribution in [2.75, 3.05) is 39.4 Å². The molecule has 0 aromatic rings. The molecule has 0 rings (SSSR count). The minimum atomic E-state index is -3.68. The number of nitrogens with two attached hydrogens (primary N) is 2. The van der Waals surface area contributed by atoms with Crippen LogP contribution in [0.3, 0.4) is 0 Å². The van der Waals surface area contributed by atoms with Gasteiger partial charge in [-0.2, -0.15) is 8.42 Å². The Morgan fingerprint density at radius 3 is 1.28 bits per heavy atom. The molecule has 0 spiro atoms. The highest BCUT2D eigenvalue weighted by molar-refractivity contribution is 7.81. The average molecular weight is 542 g/mol. The van der Waals surface area contributed by atoms with Gasteiger partial charge in [0.2, 0.25) is 0 Å². The second kappa shape index (κ2) is 34.2. The van der Waals surface area contributed by atoms with Crippen molar-refractivity contribution < 1.29 is 26.7 Å². The third-order valence-electron chi connectivity index (χ3n) is 5.16. The van der Waals surface area contributed by atoms with Gasteiger partial charge in [-0.25, -0.2) is 8.37 Å². The minimum absolute atomic E-state index is 0.113. The van der Waals surface area contributed by atoms with Gasteiger partial charge in [0.05, 0.1) is 13.2 Å². The van der Waals surface area contributed by atoms with Gasteiger partial charge in [-0.1, -0.05) is 96.8 Å². The molecule has 0 bridgehead atoms. The molecule has 220 valence electrons. The average Bonchev–Trinajstić information content (AvgIpc) is 2.82. The molecule has 0 aliphatic carbocycles. The maximum atomic E-state index is 10.4. The van der Waals surface area contributed by atoms with Crippen molar-refractivity contribution in [1.29, 1.82) is 0 Å². The van der Waals surface area contributed by atoms with E-state index in [2.05, 4.69) is 20.6 Å². The molecule has 0 aromatic carbocycles. The van der Waals surface area contributed by atoms with E-state index in [-0.39, 0.29) is 13.2 Å². The first kappa shape index (κ1) is 39.7. The lowest BCUT2D eigenvalue weighted by Gasteiger charge is -2.03. The lowest BCUT2D eigenvalue weighted by Crippen LogP contribution is -2.27. The summed E-state index contributed by atoms with van der Waals surface area (Å²) in [5.41, 5.74) is 10.3. The van der Waals surface area contributed by atoms with Gasteiger partial charge in [0.25, 0.3) is 0 Å². The van der Waals surface area contributed by atoms with E-state index in [1.807, 2.05) is 0 Å². The molecule has 0 heterocycles. The molecular formula is C26H59N3O6S. The Morgan fingerprint density at radius 1 is 0.667 bits per heavy atom. The zero-order chi connectivity index (χ0) is 27.8. The van der Waals surface area contributed by atoms with Crippen LogP contribution in [0.4, 0.5) is 0 Å². The van der Waals surface area contributed by atoms with Crippen molar-refractivity contribution in [3.8, 4) is 0 Å². The van der Waals surface area contributed by atoms with Gasteiger partial charge in [0.15, 0.2) is 0 Å². The first-order valence-electron chi connectivity index (χ1n) is 14.2. The molecule has 9 nitrogen and oxygen atoms in total. The third kappa shape index (κ3) is 43.3. The van der Waals surface area contributed by atoms with Crippen molar-refractivity contribution in [1.82, 2.24) is 5.32 Å². The Labute approximate surface area is 222 Å². The van der Waals surface area contributed by atoms with Crippen molar-refractivity contribution in [3.63, 3.8) is 0 Å². The molecule has 0 saturated heterocycles. The SMILES string of the molecule is CCCCCCCCCCCCCCCCCC(=O)O.CCOS(=O)(=O)OCC.NCCNCCN. The first-order valence-corrected chi connectivity index (χ1v) is 15.5. The molecule has 0 fully saturated rings. The standard InChI is InChI=1S/C18H36O2.C4H13N3.C4H10O4S/c1-2-3-4-5-6-7-8-9-10-11-12-13-14-15-16-17-18(19)20;5-1-3-7-4-2-6;1-3-7-9(5,6)8-4-2/h2-17H2,1H3,(H,19,20);7H,1-6H2;3-4H2,1-2H3. The molecule has 0 saturated carbocycles. The highest BCUT2D eigenvalue weighted by atomic mass is 32.3. The lowest BCUT2D eigenvalue weighted by atomic mass is 10.0. The van der Waals surface area contributed by atoms with Crippen molar-refractivity contribution in [3.05, 3.63) is 0 Å². The van der Waals surface area contributed by atoms with Crippen LogP contribution < -0.4 is 16.8 Å². The second-order valence-electron chi connectivity index (χ2n) is 8.64. The van der Waals surface area contributed by atoms with Gasteiger partial charge in [-0.15, -0.1) is 0 Å². The van der Waals surface area contributed by atoms with E-state index in [1.54, 1.807) is 13.8 Å². The fraction of sp³-hybridized carbons (Fsp3) is 0.962. The van der Waals surface area contributed by atoms with Crippen LogP contribution >= 0.6 is 0 Å². The molecular weight excluding hydrogens is 482 g/mol. The Bertz CT molecular complexity index is 506. The fourth-order valence-corrected chi connectivity index (χ4v) is 3.94. The van der Waals surface area contributed by atoms with Gasteiger partial charge in [0, 0.05) is 32.6 Å². The van der Waals surface area contributed by atoms with E-state index >= 15 is 0 Å². The van der Waals surface area contributed by atoms with Gasteiger partial charge in [-0.05, 0) is 20.3 Å². The number of hydrogen-bond donors (Lipinski definition) is 4. The monoisotopic (exact) mass is 541 g/mol. The summed E-state index contributed by atoms with van der Waals surface area (Å²) in [6.07, 6.45) is 20.2. The van der Waals surface area contributed by atoms with Crippen LogP contribution in [-0.2, 0) is 23.6 Å². The number of aliphatic carboxylic acids is 1. The first-order chi connectivity index (χ1) is 17.3. The lowest BCUT2D eigenvalue weighted by molar-refractivity contribution is -0.137. The highest BCUT2D eigenvalue weighted by Gasteiger charge is 2.07. The predicted molar refractivity (Wildman–Crippen MR) is 150 cm³/mol. The topological polar surface area (TPSA) is 154 Å². The molecule has 36 heavy (non-hydrogen) atoms. The molecule has 0 aromatic heterocycles. The summed E-state index contributed by atoms with van der Waals surface area (Å²) in [5, 5.41) is 11.6. The summed E-state index contributed by atoms with van der Waals surface area (Å²) in [6.45, 7) is 8.79. The highest BCUT2D eigenvalue weighted by Crippen LogP contribution is 2.13. The summed E-state index contributed by atoms with van der Waals surface area (Å²) < 4.78 is 29.2. The van der Waals surface area contributed by atoms with Crippen LogP contribution in [0.1, 0.15) is 124 Å². The number of carbonyl (C=O) groups is 1. The molecule has 0 atom stereocenters. The van der Waals surface area contributed by atoms with Gasteiger partial charge < -0.3 is 21.9 Å². The van der Waals surface area contributed by atoms with Crippen molar-refractivity contribution in [2.24, 2.45) is 11.5 Å². The van der Waals surface area contributed by atoms with Crippen LogP contribution in [0.25, 0.3) is 0 Å². The van der Waals surface area contributed by atoms with Crippen LogP contribution in [0.2, 0.25) is 0 Å². The van der Waals surface area contributed by atoms with E-state index < -0.39 is 16.4 Å². The summed E-state index contributed by atoms with van der Waals surface area (Å²) in [6, 6.07) is 0. The molecule has 0 aliphatic rings. The van der Waals surface area contributed by atoms with Crippen molar-refractivity contribution >= 4 is 16.4 Å². The third-order valence-corrected chi connectivity index (χ3v) is 6.21. The molecule has 0 unspecified atom stereocenters. The largest absolute Gasteiger partial charge is 0.481 e. The van der Waals surface area contributed by atoms with Crippen LogP contribution in [-0.4, -0.2) is 58.9 Å². The summed E-state index contributed by atoms with van der Waals surface area (Å²) in [4.78, 5) is 10.3. The van der Waals surface area contributed by atoms with E-state index in [0.717, 1.165) is 25.9 Å². The molecule has 0 aliphatic heterocycles. The van der Waals surface area contributed by atoms with Gasteiger partial charge in [-0.3, -0.25) is 4.79 Å². The molecule has 6 N–H and O–H groups in total. The zero-order valence-electron chi connectivity index (χ0n) is 23.6. The Hall–Kier alpha value is -0.780. The van der Waals surface area contributed by atoms with E-state index in [9.17, 15) is 13.2 Å². The molecule has 0 amide bonds. The maximum absolute atomic E-state index is 10.4. The molecule has 0 radical (unpaired) electrons. The minimum Gasteiger partial charge on any atom is -0.481 e. The number of carboxylic acid groups (broad SMARTS) is 1. The Balaban J connectivity index is -0.000000558. The number of hydrogen-bond acceptors (Lipinski definition) is 8. The normalized spacial score (nSPS) is 10.8. The predicted octanol–water partition coefficient (Wildman–Crippen LogP) is 5.13. The van der Waals surface area contributed by atoms with Gasteiger partial charge >= 0.3 is 16.4 Å². The number of unbranched alkanes of at least 4 members (excludes halogenated alkanes) is 14. The number of rotatable bonds is 24. The quantitative estimate of drug-likeness (QED) is 0.122. The maximum Gasteiger partial charge on any atom is 0.399 e. The van der Waals surface area contributed by atoms with Crippen LogP contribution in [0.15, 0.2) is 0 Å². The fourth-order valence-electron chi connectivity index (χ4n) is 3.30. The summed E-state index contributed by atoms with van der Waals surface area (Å²) in [5.74, 6) is -0.653. The zero-order valence-corrected chi connectivity index (χ0v) is 24.4. The smallest absolute Gasteiger partial charge is 0.399 e. The summed E-state index contributed by atoms with van der Waals surface area (Å²) in [7, 11) is -3.68. The van der Waals surface area contributed by atoms with E-state index in [1.165, 1.54) is 83.5 Å².